The quantitative estimate of drug-likeness (QED) is 0.802. The lowest BCUT2D eigenvalue weighted by Gasteiger charge is -2.12. The van der Waals surface area contributed by atoms with Gasteiger partial charge in [0.25, 0.3) is 0 Å². The third kappa shape index (κ3) is 2.03. The summed E-state index contributed by atoms with van der Waals surface area (Å²) in [7, 11) is 1.90. The van der Waals surface area contributed by atoms with Crippen LogP contribution in [0.3, 0.4) is 0 Å². The molecule has 0 radical (unpaired) electrons. The van der Waals surface area contributed by atoms with Crippen LogP contribution in [-0.2, 0) is 0 Å². The molecule has 1 heterocycles. The lowest BCUT2D eigenvalue weighted by Crippen LogP contribution is -2.07. The van der Waals surface area contributed by atoms with Gasteiger partial charge in [0.1, 0.15) is 11.6 Å². The Balaban J connectivity index is 3.16. The normalized spacial score (nSPS) is 12.6. The third-order valence-electron chi connectivity index (χ3n) is 2.70. The summed E-state index contributed by atoms with van der Waals surface area (Å²) in [5.41, 5.74) is 2.21. The maximum atomic E-state index is 4.50. The number of nitrogens with zero attached hydrogens (tertiary/aromatic N) is 2. The highest BCUT2D eigenvalue weighted by Crippen LogP contribution is 2.20. The van der Waals surface area contributed by atoms with E-state index in [1.165, 1.54) is 0 Å². The zero-order chi connectivity index (χ0) is 10.7. The Hall–Kier alpha value is -1.12. The van der Waals surface area contributed by atoms with Gasteiger partial charge in [-0.3, -0.25) is 0 Å². The van der Waals surface area contributed by atoms with E-state index < -0.39 is 0 Å². The number of nitrogens with one attached hydrogen (secondary N) is 1. The van der Waals surface area contributed by atoms with Gasteiger partial charge in [-0.2, -0.15) is 0 Å². The maximum absolute atomic E-state index is 4.50. The summed E-state index contributed by atoms with van der Waals surface area (Å²) >= 11 is 0. The summed E-state index contributed by atoms with van der Waals surface area (Å²) in [5.74, 6) is 2.33. The van der Waals surface area contributed by atoms with Crippen LogP contribution in [0.5, 0.6) is 0 Å². The van der Waals surface area contributed by atoms with Crippen molar-refractivity contribution >= 4 is 5.82 Å². The zero-order valence-electron chi connectivity index (χ0n) is 9.68. The van der Waals surface area contributed by atoms with Crippen LogP contribution in [0.15, 0.2) is 0 Å². The van der Waals surface area contributed by atoms with Gasteiger partial charge in [0.2, 0.25) is 0 Å². The minimum atomic E-state index is 0.432. The van der Waals surface area contributed by atoms with Gasteiger partial charge in [-0.1, -0.05) is 13.8 Å². The van der Waals surface area contributed by atoms with Crippen LogP contribution in [0.25, 0.3) is 0 Å². The zero-order valence-corrected chi connectivity index (χ0v) is 9.68. The van der Waals surface area contributed by atoms with Crippen molar-refractivity contribution in [1.29, 1.82) is 0 Å². The molecule has 0 aliphatic rings. The lowest BCUT2D eigenvalue weighted by molar-refractivity contribution is 0.674. The Kier molecular flexibility index (Phi) is 3.44. The van der Waals surface area contributed by atoms with Crippen molar-refractivity contribution in [2.75, 3.05) is 12.4 Å². The highest BCUT2D eigenvalue weighted by atomic mass is 15.0. The van der Waals surface area contributed by atoms with Crippen molar-refractivity contribution in [3.8, 4) is 0 Å². The molecule has 0 aromatic carbocycles. The number of anilines is 1. The van der Waals surface area contributed by atoms with Gasteiger partial charge in [-0.15, -0.1) is 0 Å². The van der Waals surface area contributed by atoms with Crippen molar-refractivity contribution < 1.29 is 0 Å². The molecule has 0 fully saturated rings. The monoisotopic (exact) mass is 193 g/mol. The maximum Gasteiger partial charge on any atom is 0.133 e. The fraction of sp³-hybridized carbons (Fsp3) is 0.636. The molecular weight excluding hydrogens is 174 g/mol. The molecule has 1 aromatic heterocycles. The highest BCUT2D eigenvalue weighted by Gasteiger charge is 2.10. The van der Waals surface area contributed by atoms with Crippen LogP contribution in [-0.4, -0.2) is 17.0 Å². The van der Waals surface area contributed by atoms with Gasteiger partial charge < -0.3 is 5.32 Å². The van der Waals surface area contributed by atoms with Crippen molar-refractivity contribution in [3.63, 3.8) is 0 Å². The van der Waals surface area contributed by atoms with Gasteiger partial charge in [-0.05, 0) is 20.3 Å². The van der Waals surface area contributed by atoms with Crippen molar-refractivity contribution in [2.24, 2.45) is 0 Å². The van der Waals surface area contributed by atoms with Gasteiger partial charge >= 0.3 is 0 Å². The molecule has 1 aromatic rings. The van der Waals surface area contributed by atoms with Crippen LogP contribution in [0.4, 0.5) is 5.82 Å². The van der Waals surface area contributed by atoms with Gasteiger partial charge in [0.05, 0.1) is 0 Å². The van der Waals surface area contributed by atoms with Crippen LogP contribution >= 0.6 is 0 Å². The summed E-state index contributed by atoms with van der Waals surface area (Å²) in [5, 5.41) is 3.10. The Morgan fingerprint density at radius 1 is 1.29 bits per heavy atom. The average Bonchev–Trinajstić information content (AvgIpc) is 2.20. The number of rotatable bonds is 3. The molecule has 3 heteroatoms. The van der Waals surface area contributed by atoms with Crippen molar-refractivity contribution in [3.05, 3.63) is 17.1 Å². The minimum absolute atomic E-state index is 0.432. The van der Waals surface area contributed by atoms with E-state index >= 15 is 0 Å². The summed E-state index contributed by atoms with van der Waals surface area (Å²) in [6.45, 7) is 8.39. The summed E-state index contributed by atoms with van der Waals surface area (Å²) in [6.07, 6.45) is 1.08. The predicted octanol–water partition coefficient (Wildman–Crippen LogP) is 2.65. The molecule has 1 unspecified atom stereocenters. The number of aromatic nitrogens is 2. The van der Waals surface area contributed by atoms with Gasteiger partial charge in [0.15, 0.2) is 0 Å². The first-order valence-corrected chi connectivity index (χ1v) is 5.13. The van der Waals surface area contributed by atoms with E-state index in [2.05, 4.69) is 29.1 Å². The van der Waals surface area contributed by atoms with E-state index in [1.807, 2.05) is 20.9 Å². The molecule has 0 amide bonds. The Morgan fingerprint density at radius 3 is 2.43 bits per heavy atom. The number of aryl methyl sites for hydroxylation is 1. The molecule has 0 bridgehead atoms. The lowest BCUT2D eigenvalue weighted by atomic mass is 10.1. The largest absolute Gasteiger partial charge is 0.373 e. The minimum Gasteiger partial charge on any atom is -0.373 e. The molecular formula is C11H19N3. The molecule has 0 aliphatic carbocycles. The van der Waals surface area contributed by atoms with E-state index in [-0.39, 0.29) is 0 Å². The predicted molar refractivity (Wildman–Crippen MR) is 59.8 cm³/mol. The Morgan fingerprint density at radius 2 is 1.93 bits per heavy atom. The summed E-state index contributed by atoms with van der Waals surface area (Å²) in [4.78, 5) is 9.00. The second-order valence-electron chi connectivity index (χ2n) is 3.70. The molecule has 78 valence electrons. The number of hydrogen-bond donors (Lipinski definition) is 1. The van der Waals surface area contributed by atoms with Crippen LogP contribution in [0.2, 0.25) is 0 Å². The van der Waals surface area contributed by atoms with Gasteiger partial charge in [0, 0.05) is 24.2 Å². The summed E-state index contributed by atoms with van der Waals surface area (Å²) in [6, 6.07) is 0. The van der Waals surface area contributed by atoms with E-state index in [9.17, 15) is 0 Å². The van der Waals surface area contributed by atoms with E-state index in [1.54, 1.807) is 0 Å². The molecule has 3 nitrogen and oxygen atoms in total. The fourth-order valence-corrected chi connectivity index (χ4v) is 1.30. The van der Waals surface area contributed by atoms with E-state index in [0.717, 1.165) is 29.3 Å². The average molecular weight is 193 g/mol. The molecule has 0 spiro atoms. The topological polar surface area (TPSA) is 37.8 Å². The fourth-order valence-electron chi connectivity index (χ4n) is 1.30. The van der Waals surface area contributed by atoms with E-state index in [0.29, 0.717) is 5.92 Å². The highest BCUT2D eigenvalue weighted by molar-refractivity contribution is 5.45. The van der Waals surface area contributed by atoms with E-state index in [4.69, 9.17) is 0 Å². The molecule has 1 atom stereocenters. The standard InChI is InChI=1S/C11H19N3/c1-6-7(2)10-13-9(4)8(3)11(12-5)14-10/h7H,6H2,1-5H3,(H,12,13,14). The van der Waals surface area contributed by atoms with Crippen molar-refractivity contribution in [1.82, 2.24) is 9.97 Å². The molecule has 0 saturated carbocycles. The first kappa shape index (κ1) is 11.0. The smallest absolute Gasteiger partial charge is 0.133 e. The Bertz CT molecular complexity index is 321. The third-order valence-corrected chi connectivity index (χ3v) is 2.70. The first-order chi connectivity index (χ1) is 6.60. The SMILES string of the molecule is CCC(C)c1nc(C)c(C)c(NC)n1. The van der Waals surface area contributed by atoms with Crippen LogP contribution in [0, 0.1) is 13.8 Å². The second-order valence-corrected chi connectivity index (χ2v) is 3.70. The molecule has 14 heavy (non-hydrogen) atoms. The molecule has 1 rings (SSSR count). The molecule has 0 aliphatic heterocycles. The van der Waals surface area contributed by atoms with Gasteiger partial charge in [-0.25, -0.2) is 9.97 Å². The Labute approximate surface area is 86.0 Å². The first-order valence-electron chi connectivity index (χ1n) is 5.13. The molecule has 0 saturated heterocycles. The van der Waals surface area contributed by atoms with Crippen molar-refractivity contribution in [2.45, 2.75) is 40.0 Å². The number of hydrogen-bond acceptors (Lipinski definition) is 3. The molecule has 1 N–H and O–H groups in total. The van der Waals surface area contributed by atoms with Crippen LogP contribution < -0.4 is 5.32 Å². The van der Waals surface area contributed by atoms with Crippen LogP contribution in [0.1, 0.15) is 43.3 Å². The summed E-state index contributed by atoms with van der Waals surface area (Å²) < 4.78 is 0. The second kappa shape index (κ2) is 4.40.